The molecule has 1 atom stereocenters. The van der Waals surface area contributed by atoms with Gasteiger partial charge in [0.25, 0.3) is 0 Å². The first kappa shape index (κ1) is 15.7. The van der Waals surface area contributed by atoms with Crippen LogP contribution in [0.5, 0.6) is 0 Å². The number of hydrogen-bond acceptors (Lipinski definition) is 3. The number of anilines is 1. The molecule has 0 saturated heterocycles. The molecule has 0 saturated carbocycles. The molecule has 108 valence electrons. The molecule has 6 nitrogen and oxygen atoms in total. The minimum atomic E-state index is -1.17. The van der Waals surface area contributed by atoms with Crippen molar-refractivity contribution in [3.05, 3.63) is 29.8 Å². The zero-order valence-corrected chi connectivity index (χ0v) is 11.7. The van der Waals surface area contributed by atoms with Crippen LogP contribution in [0.1, 0.15) is 12.5 Å². The van der Waals surface area contributed by atoms with E-state index in [1.165, 1.54) is 11.8 Å². The third-order valence-electron chi connectivity index (χ3n) is 2.84. The fraction of sp³-hybridized carbons (Fsp3) is 0.357. The van der Waals surface area contributed by atoms with E-state index in [2.05, 4.69) is 5.32 Å². The number of carbonyl (C=O) groups excluding carboxylic acids is 2. The van der Waals surface area contributed by atoms with Gasteiger partial charge in [0.2, 0.25) is 11.8 Å². The summed E-state index contributed by atoms with van der Waals surface area (Å²) in [5.41, 5.74) is 1.33. The number of carboxylic acid groups (broad SMARTS) is 1. The molecule has 0 aromatic heterocycles. The molecule has 0 bridgehead atoms. The SMILES string of the molecule is CC(C(=O)O)C(=O)Nc1ccc(CC(=O)N(C)C)cc1. The number of nitrogens with one attached hydrogen (secondary N) is 1. The number of likely N-dealkylation sites (N-methyl/N-ethyl adjacent to an activating group) is 1. The average Bonchev–Trinajstić information content (AvgIpc) is 2.39. The third-order valence-corrected chi connectivity index (χ3v) is 2.84. The van der Waals surface area contributed by atoms with Crippen LogP contribution in [0.3, 0.4) is 0 Å². The van der Waals surface area contributed by atoms with Crippen LogP contribution >= 0.6 is 0 Å². The Balaban J connectivity index is 2.65. The predicted molar refractivity (Wildman–Crippen MR) is 74.3 cm³/mol. The molecule has 1 rings (SSSR count). The van der Waals surface area contributed by atoms with Gasteiger partial charge in [0, 0.05) is 19.8 Å². The van der Waals surface area contributed by atoms with Crippen molar-refractivity contribution in [2.24, 2.45) is 5.92 Å². The van der Waals surface area contributed by atoms with Gasteiger partial charge in [-0.25, -0.2) is 0 Å². The summed E-state index contributed by atoms with van der Waals surface area (Å²) in [6.45, 7) is 1.32. The summed E-state index contributed by atoms with van der Waals surface area (Å²) in [6.07, 6.45) is 0.284. The molecule has 0 spiro atoms. The van der Waals surface area contributed by atoms with Crippen LogP contribution in [0.15, 0.2) is 24.3 Å². The first-order chi connectivity index (χ1) is 9.31. The zero-order chi connectivity index (χ0) is 15.3. The smallest absolute Gasteiger partial charge is 0.315 e. The summed E-state index contributed by atoms with van der Waals surface area (Å²) in [5.74, 6) is -2.86. The van der Waals surface area contributed by atoms with Crippen molar-refractivity contribution < 1.29 is 19.5 Å². The lowest BCUT2D eigenvalue weighted by Gasteiger charge is -2.11. The first-order valence-corrected chi connectivity index (χ1v) is 6.14. The Morgan fingerprint density at radius 3 is 2.20 bits per heavy atom. The maximum Gasteiger partial charge on any atom is 0.315 e. The molecule has 0 aliphatic heterocycles. The lowest BCUT2D eigenvalue weighted by Crippen LogP contribution is -2.26. The molecule has 1 aromatic rings. The number of nitrogens with zero attached hydrogens (tertiary/aromatic N) is 1. The third kappa shape index (κ3) is 4.38. The molecular formula is C14H18N2O4. The minimum absolute atomic E-state index is 0.0127. The van der Waals surface area contributed by atoms with Gasteiger partial charge in [0.1, 0.15) is 5.92 Å². The Kier molecular flexibility index (Phi) is 5.25. The highest BCUT2D eigenvalue weighted by Gasteiger charge is 2.20. The highest BCUT2D eigenvalue weighted by Crippen LogP contribution is 2.12. The minimum Gasteiger partial charge on any atom is -0.481 e. The lowest BCUT2D eigenvalue weighted by molar-refractivity contribution is -0.144. The Labute approximate surface area is 117 Å². The van der Waals surface area contributed by atoms with Crippen molar-refractivity contribution in [3.63, 3.8) is 0 Å². The number of hydrogen-bond donors (Lipinski definition) is 2. The lowest BCUT2D eigenvalue weighted by atomic mass is 10.1. The number of benzene rings is 1. The van der Waals surface area contributed by atoms with Crippen molar-refractivity contribution in [2.75, 3.05) is 19.4 Å². The van der Waals surface area contributed by atoms with Crippen LogP contribution in [0.4, 0.5) is 5.69 Å². The molecule has 0 aliphatic rings. The number of rotatable bonds is 5. The molecule has 1 unspecified atom stereocenters. The Hall–Kier alpha value is -2.37. The number of carbonyl (C=O) groups is 3. The molecule has 0 radical (unpaired) electrons. The van der Waals surface area contributed by atoms with Gasteiger partial charge in [-0.05, 0) is 24.6 Å². The molecule has 6 heteroatoms. The molecule has 2 N–H and O–H groups in total. The van der Waals surface area contributed by atoms with Crippen LogP contribution in [-0.4, -0.2) is 41.9 Å². The summed E-state index contributed by atoms with van der Waals surface area (Å²) in [4.78, 5) is 35.3. The monoisotopic (exact) mass is 278 g/mol. The van der Waals surface area contributed by atoms with Gasteiger partial charge in [-0.15, -0.1) is 0 Å². The van der Waals surface area contributed by atoms with E-state index in [0.29, 0.717) is 5.69 Å². The van der Waals surface area contributed by atoms with Gasteiger partial charge in [-0.1, -0.05) is 12.1 Å². The summed E-state index contributed by atoms with van der Waals surface area (Å²) < 4.78 is 0. The molecule has 0 fully saturated rings. The van der Waals surface area contributed by atoms with Crippen LogP contribution < -0.4 is 5.32 Å². The highest BCUT2D eigenvalue weighted by atomic mass is 16.4. The van der Waals surface area contributed by atoms with Crippen molar-refractivity contribution in [3.8, 4) is 0 Å². The maximum absolute atomic E-state index is 11.6. The van der Waals surface area contributed by atoms with E-state index in [1.807, 2.05) is 0 Å². The van der Waals surface area contributed by atoms with Crippen molar-refractivity contribution in [2.45, 2.75) is 13.3 Å². The Bertz CT molecular complexity index is 508. The Morgan fingerprint density at radius 2 is 1.75 bits per heavy atom. The van der Waals surface area contributed by atoms with E-state index in [0.717, 1.165) is 5.56 Å². The zero-order valence-electron chi connectivity index (χ0n) is 11.7. The fourth-order valence-corrected chi connectivity index (χ4v) is 1.40. The standard InChI is InChI=1S/C14H18N2O4/c1-9(14(19)20)13(18)15-11-6-4-10(5-7-11)8-12(17)16(2)3/h4-7,9H,8H2,1-3H3,(H,15,18)(H,19,20). The summed E-state index contributed by atoms with van der Waals surface area (Å²) in [6, 6.07) is 6.74. The normalized spacial score (nSPS) is 11.6. The molecule has 20 heavy (non-hydrogen) atoms. The van der Waals surface area contributed by atoms with Crippen molar-refractivity contribution in [1.29, 1.82) is 0 Å². The second kappa shape index (κ2) is 6.70. The van der Waals surface area contributed by atoms with Crippen LogP contribution in [-0.2, 0) is 20.8 Å². The van der Waals surface area contributed by atoms with Gasteiger partial charge >= 0.3 is 5.97 Å². The second-order valence-corrected chi connectivity index (χ2v) is 4.71. The van der Waals surface area contributed by atoms with E-state index in [4.69, 9.17) is 5.11 Å². The highest BCUT2D eigenvalue weighted by molar-refractivity contribution is 6.03. The van der Waals surface area contributed by atoms with Crippen LogP contribution in [0, 0.1) is 5.92 Å². The van der Waals surface area contributed by atoms with E-state index in [9.17, 15) is 14.4 Å². The van der Waals surface area contributed by atoms with Gasteiger partial charge in [0.15, 0.2) is 0 Å². The second-order valence-electron chi connectivity index (χ2n) is 4.71. The first-order valence-electron chi connectivity index (χ1n) is 6.14. The summed E-state index contributed by atoms with van der Waals surface area (Å²) in [7, 11) is 3.37. The molecular weight excluding hydrogens is 260 g/mol. The molecule has 2 amide bonds. The van der Waals surface area contributed by atoms with Gasteiger partial charge in [0.05, 0.1) is 6.42 Å². The number of amides is 2. The summed E-state index contributed by atoms with van der Waals surface area (Å²) >= 11 is 0. The summed E-state index contributed by atoms with van der Waals surface area (Å²) in [5, 5.41) is 11.2. The topological polar surface area (TPSA) is 86.7 Å². The van der Waals surface area contributed by atoms with E-state index in [-0.39, 0.29) is 12.3 Å². The fourth-order valence-electron chi connectivity index (χ4n) is 1.40. The van der Waals surface area contributed by atoms with E-state index < -0.39 is 17.8 Å². The quantitative estimate of drug-likeness (QED) is 0.786. The predicted octanol–water partition coefficient (Wildman–Crippen LogP) is 0.976. The molecule has 1 aromatic carbocycles. The average molecular weight is 278 g/mol. The van der Waals surface area contributed by atoms with Gasteiger partial charge in [-0.3, -0.25) is 14.4 Å². The molecule has 0 aliphatic carbocycles. The van der Waals surface area contributed by atoms with Crippen molar-refractivity contribution in [1.82, 2.24) is 4.90 Å². The van der Waals surface area contributed by atoms with Crippen LogP contribution in [0.2, 0.25) is 0 Å². The van der Waals surface area contributed by atoms with E-state index >= 15 is 0 Å². The number of carboxylic acids is 1. The van der Waals surface area contributed by atoms with E-state index in [1.54, 1.807) is 38.4 Å². The largest absolute Gasteiger partial charge is 0.481 e. The van der Waals surface area contributed by atoms with Gasteiger partial charge < -0.3 is 15.3 Å². The van der Waals surface area contributed by atoms with Crippen LogP contribution in [0.25, 0.3) is 0 Å². The van der Waals surface area contributed by atoms with Crippen molar-refractivity contribution >= 4 is 23.5 Å². The number of aliphatic carboxylic acids is 1. The Morgan fingerprint density at radius 1 is 1.20 bits per heavy atom. The molecule has 0 heterocycles. The van der Waals surface area contributed by atoms with Gasteiger partial charge in [-0.2, -0.15) is 0 Å². The maximum atomic E-state index is 11.6.